The van der Waals surface area contributed by atoms with Crippen LogP contribution in [-0.4, -0.2) is 9.91 Å². The predicted molar refractivity (Wildman–Crippen MR) is 45.1 cm³/mol. The van der Waals surface area contributed by atoms with Gasteiger partial charge in [0.15, 0.2) is 5.82 Å². The number of hydrogen-bond donors (Lipinski definition) is 0. The molecule has 7 heteroatoms. The second-order valence-electron chi connectivity index (χ2n) is 1.86. The molecule has 0 atom stereocenters. The highest BCUT2D eigenvalue weighted by atomic mass is 35.5. The van der Waals surface area contributed by atoms with Gasteiger partial charge in [-0.15, -0.1) is 0 Å². The van der Waals surface area contributed by atoms with Gasteiger partial charge in [0.25, 0.3) is 5.69 Å². The predicted octanol–water partition coefficient (Wildman–Crippen LogP) is 2.10. The number of rotatable bonds is 2. The summed E-state index contributed by atoms with van der Waals surface area (Å²) in [6.45, 7) is 0. The van der Waals surface area contributed by atoms with Gasteiger partial charge in [-0.2, -0.15) is 3.94 Å². The first kappa shape index (κ1) is 9.02. The summed E-state index contributed by atoms with van der Waals surface area (Å²) in [7, 11) is 0. The molecule has 1 aromatic rings. The van der Waals surface area contributed by atoms with Crippen molar-refractivity contribution in [3.63, 3.8) is 0 Å². The van der Waals surface area contributed by atoms with E-state index >= 15 is 0 Å². The summed E-state index contributed by atoms with van der Waals surface area (Å²) in [5.74, 6) is 0.240. The number of nitrogens with zero attached hydrogens (tertiary/aromatic N) is 3. The molecule has 0 saturated carbocycles. The molecule has 0 amide bonds. The minimum atomic E-state index is -0.552. The van der Waals surface area contributed by atoms with Crippen molar-refractivity contribution in [1.29, 1.82) is 0 Å². The van der Waals surface area contributed by atoms with Crippen LogP contribution in [0.15, 0.2) is 18.3 Å². The van der Waals surface area contributed by atoms with Crippen LogP contribution in [0.4, 0.5) is 11.5 Å². The van der Waals surface area contributed by atoms with Crippen LogP contribution in [0.2, 0.25) is 0 Å². The Hall–Kier alpha value is -1.07. The lowest BCUT2D eigenvalue weighted by Gasteiger charge is -2.01. The molecule has 0 saturated heterocycles. The maximum absolute atomic E-state index is 10.2. The molecule has 0 spiro atoms. The molecule has 0 fully saturated rings. The molecule has 64 valence electrons. The highest BCUT2D eigenvalue weighted by Gasteiger charge is 2.07. The summed E-state index contributed by atoms with van der Waals surface area (Å²) >= 11 is 10.6. The first-order valence-electron chi connectivity index (χ1n) is 2.83. The maximum atomic E-state index is 10.2. The zero-order chi connectivity index (χ0) is 9.14. The Bertz CT molecular complexity index is 287. The fourth-order valence-corrected chi connectivity index (χ4v) is 0.786. The number of aromatic nitrogens is 1. The highest BCUT2D eigenvalue weighted by Crippen LogP contribution is 2.18. The zero-order valence-corrected chi connectivity index (χ0v) is 7.16. The number of nitro groups is 1. The SMILES string of the molecule is O=[N+]([O-])c1ccc(N(Cl)Cl)nc1. The topological polar surface area (TPSA) is 59.3 Å². The number of pyridine rings is 1. The van der Waals surface area contributed by atoms with Crippen LogP contribution in [0.25, 0.3) is 0 Å². The number of anilines is 1. The second kappa shape index (κ2) is 3.55. The molecule has 0 unspecified atom stereocenters. The van der Waals surface area contributed by atoms with E-state index in [1.165, 1.54) is 12.1 Å². The zero-order valence-electron chi connectivity index (χ0n) is 5.65. The molecule has 12 heavy (non-hydrogen) atoms. The Balaban J connectivity index is 2.93. The van der Waals surface area contributed by atoms with Crippen molar-refractivity contribution in [2.24, 2.45) is 0 Å². The van der Waals surface area contributed by atoms with Gasteiger partial charge >= 0.3 is 0 Å². The summed E-state index contributed by atoms with van der Waals surface area (Å²) in [5.41, 5.74) is -0.103. The number of halogens is 2. The molecule has 1 heterocycles. The molecule has 0 aliphatic rings. The van der Waals surface area contributed by atoms with Crippen molar-refractivity contribution in [2.45, 2.75) is 0 Å². The lowest BCUT2D eigenvalue weighted by Crippen LogP contribution is -1.96. The average Bonchev–Trinajstić information content (AvgIpc) is 2.04. The minimum Gasteiger partial charge on any atom is -0.258 e. The van der Waals surface area contributed by atoms with E-state index in [1.807, 2.05) is 0 Å². The van der Waals surface area contributed by atoms with Crippen LogP contribution in [0, 0.1) is 10.1 Å². The molecule has 0 aliphatic heterocycles. The third kappa shape index (κ3) is 1.96. The monoisotopic (exact) mass is 207 g/mol. The van der Waals surface area contributed by atoms with Crippen molar-refractivity contribution in [3.05, 3.63) is 28.4 Å². The quantitative estimate of drug-likeness (QED) is 0.424. The Labute approximate surface area is 77.9 Å². The van der Waals surface area contributed by atoms with E-state index in [-0.39, 0.29) is 11.5 Å². The minimum absolute atomic E-state index is 0.103. The molecular weight excluding hydrogens is 205 g/mol. The Morgan fingerprint density at radius 1 is 1.50 bits per heavy atom. The number of hydrogen-bond acceptors (Lipinski definition) is 4. The fraction of sp³-hybridized carbons (Fsp3) is 0. The van der Waals surface area contributed by atoms with Crippen molar-refractivity contribution in [2.75, 3.05) is 3.94 Å². The van der Waals surface area contributed by atoms with Crippen molar-refractivity contribution < 1.29 is 4.92 Å². The van der Waals surface area contributed by atoms with Crippen molar-refractivity contribution in [1.82, 2.24) is 4.98 Å². The molecule has 0 aromatic carbocycles. The highest BCUT2D eigenvalue weighted by molar-refractivity contribution is 6.49. The summed E-state index contributed by atoms with van der Waals surface area (Å²) in [6, 6.07) is 2.61. The third-order valence-electron chi connectivity index (χ3n) is 1.12. The first-order valence-corrected chi connectivity index (χ1v) is 3.51. The van der Waals surface area contributed by atoms with Crippen LogP contribution in [0.5, 0.6) is 0 Å². The van der Waals surface area contributed by atoms with Crippen LogP contribution >= 0.6 is 23.6 Å². The van der Waals surface area contributed by atoms with Gasteiger partial charge in [-0.3, -0.25) is 10.1 Å². The smallest absolute Gasteiger partial charge is 0.258 e. The van der Waals surface area contributed by atoms with E-state index in [9.17, 15) is 10.1 Å². The van der Waals surface area contributed by atoms with Crippen LogP contribution < -0.4 is 3.94 Å². The average molecular weight is 208 g/mol. The normalized spacial score (nSPS) is 9.50. The van der Waals surface area contributed by atoms with Gasteiger partial charge in [0.2, 0.25) is 0 Å². The third-order valence-corrected chi connectivity index (χ3v) is 1.46. The van der Waals surface area contributed by atoms with Gasteiger partial charge < -0.3 is 0 Å². The summed E-state index contributed by atoms with van der Waals surface area (Å²) in [6.07, 6.45) is 1.08. The Kier molecular flexibility index (Phi) is 2.67. The van der Waals surface area contributed by atoms with E-state index in [1.54, 1.807) is 0 Å². The molecule has 0 aliphatic carbocycles. The van der Waals surface area contributed by atoms with E-state index in [2.05, 4.69) is 4.98 Å². The van der Waals surface area contributed by atoms with Gasteiger partial charge in [-0.25, -0.2) is 4.98 Å². The summed E-state index contributed by atoms with van der Waals surface area (Å²) in [5, 5.41) is 10.2. The van der Waals surface area contributed by atoms with Crippen LogP contribution in [0.1, 0.15) is 0 Å². The summed E-state index contributed by atoms with van der Waals surface area (Å²) < 4.78 is 0.726. The first-order chi connectivity index (χ1) is 5.61. The van der Waals surface area contributed by atoms with Crippen LogP contribution in [0.3, 0.4) is 0 Å². The Morgan fingerprint density at radius 2 is 2.17 bits per heavy atom. The maximum Gasteiger partial charge on any atom is 0.287 e. The van der Waals surface area contributed by atoms with E-state index in [0.717, 1.165) is 10.1 Å². The Morgan fingerprint density at radius 3 is 2.50 bits per heavy atom. The largest absolute Gasteiger partial charge is 0.287 e. The van der Waals surface area contributed by atoms with Crippen LogP contribution in [-0.2, 0) is 0 Å². The summed E-state index contributed by atoms with van der Waals surface area (Å²) in [4.78, 5) is 13.2. The molecule has 5 nitrogen and oxygen atoms in total. The molecule has 1 rings (SSSR count). The lowest BCUT2D eigenvalue weighted by molar-refractivity contribution is -0.385. The van der Waals surface area contributed by atoms with Crippen molar-refractivity contribution >= 4 is 35.1 Å². The van der Waals surface area contributed by atoms with Gasteiger partial charge in [0, 0.05) is 29.6 Å². The van der Waals surface area contributed by atoms with Crippen molar-refractivity contribution in [3.8, 4) is 0 Å². The molecule has 0 bridgehead atoms. The second-order valence-corrected chi connectivity index (χ2v) is 2.71. The molecule has 0 radical (unpaired) electrons. The standard InChI is InChI=1S/C5H3Cl2N3O2/c6-9(7)5-2-1-4(3-8-5)10(11)12/h1-3H. The molecular formula is C5H3Cl2N3O2. The van der Waals surface area contributed by atoms with E-state index in [0.29, 0.717) is 0 Å². The van der Waals surface area contributed by atoms with Gasteiger partial charge in [0.05, 0.1) is 4.92 Å². The lowest BCUT2D eigenvalue weighted by atomic mass is 10.4. The van der Waals surface area contributed by atoms with E-state index in [4.69, 9.17) is 23.6 Å². The molecule has 1 aromatic heterocycles. The van der Waals surface area contributed by atoms with Gasteiger partial charge in [-0.1, -0.05) is 0 Å². The molecule has 0 N–H and O–H groups in total. The van der Waals surface area contributed by atoms with Gasteiger partial charge in [-0.05, 0) is 6.07 Å². The van der Waals surface area contributed by atoms with E-state index < -0.39 is 4.92 Å². The van der Waals surface area contributed by atoms with Gasteiger partial charge in [0.1, 0.15) is 6.20 Å². The fourth-order valence-electron chi connectivity index (χ4n) is 0.586.